The summed E-state index contributed by atoms with van der Waals surface area (Å²) in [6.07, 6.45) is 1.79. The first-order valence-electron chi connectivity index (χ1n) is 7.29. The van der Waals surface area contributed by atoms with Gasteiger partial charge in [-0.3, -0.25) is 9.59 Å². The van der Waals surface area contributed by atoms with Crippen LogP contribution in [0.2, 0.25) is 0 Å². The third-order valence-electron chi connectivity index (χ3n) is 3.38. The van der Waals surface area contributed by atoms with E-state index in [1.807, 2.05) is 0 Å². The number of ether oxygens (including phenoxy) is 1. The van der Waals surface area contributed by atoms with Crippen LogP contribution in [0, 0.1) is 5.92 Å². The van der Waals surface area contributed by atoms with Crippen molar-refractivity contribution in [2.24, 2.45) is 5.92 Å². The highest BCUT2D eigenvalue weighted by Crippen LogP contribution is 2.32. The molecule has 2 N–H and O–H groups in total. The Morgan fingerprint density at radius 3 is 2.58 bits per heavy atom. The monoisotopic (exact) mass is 352 g/mol. The molecular weight excluding hydrogens is 338 g/mol. The molecule has 24 heavy (non-hydrogen) atoms. The van der Waals surface area contributed by atoms with Crippen LogP contribution in [0.1, 0.15) is 22.5 Å². The molecule has 0 radical (unpaired) electrons. The Bertz CT molecular complexity index is 759. The summed E-state index contributed by atoms with van der Waals surface area (Å²) in [4.78, 5) is 24.3. The summed E-state index contributed by atoms with van der Waals surface area (Å²) in [6.45, 7) is -2.98. The van der Waals surface area contributed by atoms with Crippen LogP contribution >= 0.6 is 11.3 Å². The van der Waals surface area contributed by atoms with Crippen molar-refractivity contribution >= 4 is 33.8 Å². The van der Waals surface area contributed by atoms with E-state index in [0.29, 0.717) is 9.88 Å². The number of para-hydroxylation sites is 2. The summed E-state index contributed by atoms with van der Waals surface area (Å²) in [7, 11) is 0. The molecule has 0 unspecified atom stereocenters. The molecule has 126 valence electrons. The second-order valence-electron chi connectivity index (χ2n) is 5.26. The van der Waals surface area contributed by atoms with Crippen molar-refractivity contribution in [3.63, 3.8) is 0 Å². The number of hydrogen-bond donors (Lipinski definition) is 2. The zero-order chi connectivity index (χ0) is 17.1. The van der Waals surface area contributed by atoms with Gasteiger partial charge >= 0.3 is 6.61 Å². The number of rotatable bonds is 6. The van der Waals surface area contributed by atoms with Gasteiger partial charge in [0.2, 0.25) is 5.91 Å². The molecule has 8 heteroatoms. The van der Waals surface area contributed by atoms with Gasteiger partial charge < -0.3 is 15.4 Å². The van der Waals surface area contributed by atoms with Gasteiger partial charge in [0.25, 0.3) is 5.91 Å². The van der Waals surface area contributed by atoms with Crippen LogP contribution < -0.4 is 15.4 Å². The average molecular weight is 352 g/mol. The number of halogens is 2. The third kappa shape index (κ3) is 4.08. The van der Waals surface area contributed by atoms with Crippen molar-refractivity contribution in [3.8, 4) is 5.75 Å². The van der Waals surface area contributed by atoms with E-state index >= 15 is 0 Å². The molecule has 0 spiro atoms. The van der Waals surface area contributed by atoms with E-state index in [2.05, 4.69) is 15.4 Å². The summed E-state index contributed by atoms with van der Waals surface area (Å²) in [6, 6.07) is 9.16. The Hall–Kier alpha value is -2.48. The van der Waals surface area contributed by atoms with E-state index < -0.39 is 12.5 Å². The van der Waals surface area contributed by atoms with Gasteiger partial charge in [-0.1, -0.05) is 12.1 Å². The van der Waals surface area contributed by atoms with Crippen molar-refractivity contribution in [1.82, 2.24) is 0 Å². The second-order valence-corrected chi connectivity index (χ2v) is 6.34. The molecule has 1 fully saturated rings. The molecule has 3 rings (SSSR count). The van der Waals surface area contributed by atoms with Crippen LogP contribution in [0.25, 0.3) is 0 Å². The smallest absolute Gasteiger partial charge is 0.387 e. The lowest BCUT2D eigenvalue weighted by Crippen LogP contribution is -2.13. The molecule has 1 aromatic carbocycles. The Morgan fingerprint density at radius 1 is 1.12 bits per heavy atom. The number of nitrogens with one attached hydrogen (secondary N) is 2. The molecule has 2 amide bonds. The summed E-state index contributed by atoms with van der Waals surface area (Å²) in [5, 5.41) is 5.87. The molecule has 0 bridgehead atoms. The van der Waals surface area contributed by atoms with Gasteiger partial charge in [0, 0.05) is 5.92 Å². The lowest BCUT2D eigenvalue weighted by molar-refractivity contribution is -0.117. The number of anilines is 2. The molecule has 2 aromatic rings. The Kier molecular flexibility index (Phi) is 4.75. The SMILES string of the molecule is O=C(Nc1ccccc1OC(F)F)c1ccc(NC(=O)C2CC2)s1. The van der Waals surface area contributed by atoms with E-state index in [1.54, 1.807) is 18.2 Å². The molecule has 0 atom stereocenters. The van der Waals surface area contributed by atoms with E-state index in [-0.39, 0.29) is 23.3 Å². The van der Waals surface area contributed by atoms with Crippen molar-refractivity contribution < 1.29 is 23.1 Å². The van der Waals surface area contributed by atoms with Gasteiger partial charge in [-0.25, -0.2) is 0 Å². The van der Waals surface area contributed by atoms with E-state index in [4.69, 9.17) is 0 Å². The van der Waals surface area contributed by atoms with Crippen LogP contribution in [0.15, 0.2) is 36.4 Å². The fraction of sp³-hybridized carbons (Fsp3) is 0.250. The number of benzene rings is 1. The third-order valence-corrected chi connectivity index (χ3v) is 4.38. The number of thiophene rings is 1. The van der Waals surface area contributed by atoms with Crippen molar-refractivity contribution in [2.45, 2.75) is 19.5 Å². The maximum Gasteiger partial charge on any atom is 0.387 e. The molecule has 0 aliphatic heterocycles. The van der Waals surface area contributed by atoms with Gasteiger partial charge in [-0.2, -0.15) is 8.78 Å². The van der Waals surface area contributed by atoms with Gasteiger partial charge in [-0.05, 0) is 37.1 Å². The molecule has 1 aromatic heterocycles. The highest BCUT2D eigenvalue weighted by Gasteiger charge is 2.29. The summed E-state index contributed by atoms with van der Waals surface area (Å²) in [5.41, 5.74) is 0.153. The van der Waals surface area contributed by atoms with Crippen LogP contribution in [0.4, 0.5) is 19.5 Å². The number of hydrogen-bond acceptors (Lipinski definition) is 4. The van der Waals surface area contributed by atoms with Gasteiger partial charge in [0.15, 0.2) is 0 Å². The first kappa shape index (κ1) is 16.4. The standard InChI is InChI=1S/C16H14F2N2O3S/c17-16(18)23-11-4-2-1-3-10(11)19-15(22)12-7-8-13(24-12)20-14(21)9-5-6-9/h1-4,7-9,16H,5-6H2,(H,19,22)(H,20,21). The van der Waals surface area contributed by atoms with Gasteiger partial charge in [0.05, 0.1) is 15.6 Å². The average Bonchev–Trinajstić information content (AvgIpc) is 3.29. The summed E-state index contributed by atoms with van der Waals surface area (Å²) >= 11 is 1.12. The number of carbonyl (C=O) groups is 2. The predicted octanol–water partition coefficient (Wildman–Crippen LogP) is 3.95. The Labute approximate surface area is 140 Å². The Morgan fingerprint density at radius 2 is 1.88 bits per heavy atom. The van der Waals surface area contributed by atoms with Crippen molar-refractivity contribution in [3.05, 3.63) is 41.3 Å². The topological polar surface area (TPSA) is 67.4 Å². The highest BCUT2D eigenvalue weighted by atomic mass is 32.1. The van der Waals surface area contributed by atoms with Crippen LogP contribution in [0.3, 0.4) is 0 Å². The maximum atomic E-state index is 12.4. The lowest BCUT2D eigenvalue weighted by Gasteiger charge is -2.10. The lowest BCUT2D eigenvalue weighted by atomic mass is 10.3. The normalized spacial score (nSPS) is 13.6. The second kappa shape index (κ2) is 6.96. The molecular formula is C16H14F2N2O3S. The minimum Gasteiger partial charge on any atom is -0.433 e. The first-order valence-corrected chi connectivity index (χ1v) is 8.10. The largest absolute Gasteiger partial charge is 0.433 e. The molecule has 0 saturated heterocycles. The molecule has 1 saturated carbocycles. The number of alkyl halides is 2. The van der Waals surface area contributed by atoms with E-state index in [9.17, 15) is 18.4 Å². The van der Waals surface area contributed by atoms with Crippen LogP contribution in [-0.2, 0) is 4.79 Å². The quantitative estimate of drug-likeness (QED) is 0.827. The van der Waals surface area contributed by atoms with Gasteiger partial charge in [0.1, 0.15) is 5.75 Å². The fourth-order valence-corrected chi connectivity index (χ4v) is 2.85. The predicted molar refractivity (Wildman–Crippen MR) is 86.7 cm³/mol. The van der Waals surface area contributed by atoms with E-state index in [0.717, 1.165) is 24.2 Å². The molecule has 5 nitrogen and oxygen atoms in total. The number of amides is 2. The minimum atomic E-state index is -2.98. The molecule has 1 aliphatic rings. The van der Waals surface area contributed by atoms with Crippen LogP contribution in [0.5, 0.6) is 5.75 Å². The summed E-state index contributed by atoms with van der Waals surface area (Å²) in [5.74, 6) is -0.542. The van der Waals surface area contributed by atoms with E-state index in [1.165, 1.54) is 18.2 Å². The van der Waals surface area contributed by atoms with Crippen molar-refractivity contribution in [1.29, 1.82) is 0 Å². The number of carbonyl (C=O) groups excluding carboxylic acids is 2. The summed E-state index contributed by atoms with van der Waals surface area (Å²) < 4.78 is 29.1. The Balaban J connectivity index is 1.67. The zero-order valence-electron chi connectivity index (χ0n) is 12.4. The zero-order valence-corrected chi connectivity index (χ0v) is 13.2. The van der Waals surface area contributed by atoms with Crippen LogP contribution in [-0.4, -0.2) is 18.4 Å². The highest BCUT2D eigenvalue weighted by molar-refractivity contribution is 7.18. The maximum absolute atomic E-state index is 12.4. The molecule has 1 aliphatic carbocycles. The molecule has 1 heterocycles. The minimum absolute atomic E-state index is 0.0421. The van der Waals surface area contributed by atoms with Crippen molar-refractivity contribution in [2.75, 3.05) is 10.6 Å². The fourth-order valence-electron chi connectivity index (χ4n) is 2.05. The van der Waals surface area contributed by atoms with Gasteiger partial charge in [-0.15, -0.1) is 11.3 Å². The first-order chi connectivity index (χ1) is 11.5.